The summed E-state index contributed by atoms with van der Waals surface area (Å²) in [5.41, 5.74) is 0.209. The van der Waals surface area contributed by atoms with Crippen molar-refractivity contribution in [1.29, 1.82) is 0 Å². The molecule has 1 aromatic carbocycles. The largest absolute Gasteiger partial charge is 0.493 e. The molecule has 0 bridgehead atoms. The zero-order valence-electron chi connectivity index (χ0n) is 12.3. The second kappa shape index (κ2) is 8.16. The minimum Gasteiger partial charge on any atom is -0.493 e. The molecule has 0 aliphatic heterocycles. The Labute approximate surface area is 116 Å². The van der Waals surface area contributed by atoms with Gasteiger partial charge in [0.25, 0.3) is 0 Å². The number of halogens is 1. The van der Waals surface area contributed by atoms with Crippen LogP contribution in [0.5, 0.6) is 5.75 Å². The van der Waals surface area contributed by atoms with Crippen molar-refractivity contribution in [3.63, 3.8) is 0 Å². The maximum absolute atomic E-state index is 12.9. The van der Waals surface area contributed by atoms with Crippen molar-refractivity contribution < 1.29 is 9.13 Å². The van der Waals surface area contributed by atoms with E-state index in [-0.39, 0.29) is 11.4 Å². The Morgan fingerprint density at radius 3 is 2.53 bits per heavy atom. The zero-order valence-corrected chi connectivity index (χ0v) is 12.3. The van der Waals surface area contributed by atoms with E-state index in [9.17, 15) is 4.39 Å². The molecule has 0 aliphatic rings. The number of rotatable bonds is 8. The highest BCUT2D eigenvalue weighted by Gasteiger charge is 2.06. The van der Waals surface area contributed by atoms with Crippen LogP contribution >= 0.6 is 0 Å². The third-order valence-corrected chi connectivity index (χ3v) is 2.79. The lowest BCUT2D eigenvalue weighted by Crippen LogP contribution is -2.36. The van der Waals surface area contributed by atoms with E-state index < -0.39 is 0 Å². The molecule has 0 unspecified atom stereocenters. The lowest BCUT2D eigenvalue weighted by atomic mass is 10.1. The average molecular weight is 267 g/mol. The van der Waals surface area contributed by atoms with Crippen molar-refractivity contribution >= 4 is 0 Å². The highest BCUT2D eigenvalue weighted by Crippen LogP contribution is 2.12. The third kappa shape index (κ3) is 8.60. The van der Waals surface area contributed by atoms with Gasteiger partial charge in [0.15, 0.2) is 0 Å². The van der Waals surface area contributed by atoms with Gasteiger partial charge in [-0.3, -0.25) is 0 Å². The van der Waals surface area contributed by atoms with Crippen LogP contribution in [-0.4, -0.2) is 18.7 Å². The normalized spacial score (nSPS) is 11.6. The maximum atomic E-state index is 12.9. The highest BCUT2D eigenvalue weighted by molar-refractivity contribution is 5.22. The summed E-state index contributed by atoms with van der Waals surface area (Å²) in [6, 6.07) is 6.31. The number of hydrogen-bond donors (Lipinski definition) is 1. The summed E-state index contributed by atoms with van der Waals surface area (Å²) in [7, 11) is 0. The van der Waals surface area contributed by atoms with Crippen LogP contribution in [0.25, 0.3) is 0 Å². The molecule has 19 heavy (non-hydrogen) atoms. The van der Waals surface area contributed by atoms with Gasteiger partial charge in [0.1, 0.15) is 11.6 Å². The molecule has 1 aromatic rings. The molecule has 0 atom stereocenters. The van der Waals surface area contributed by atoms with Crippen LogP contribution in [0.1, 0.15) is 46.5 Å². The van der Waals surface area contributed by atoms with Crippen molar-refractivity contribution in [3.05, 3.63) is 30.1 Å². The first-order valence-corrected chi connectivity index (χ1v) is 7.11. The fourth-order valence-electron chi connectivity index (χ4n) is 1.79. The molecule has 2 nitrogen and oxygen atoms in total. The molecule has 0 aromatic heterocycles. The van der Waals surface area contributed by atoms with Crippen LogP contribution in [-0.2, 0) is 0 Å². The Balaban J connectivity index is 1.97. The Bertz CT molecular complexity index is 360. The molecule has 0 saturated carbocycles. The van der Waals surface area contributed by atoms with E-state index in [0.29, 0.717) is 12.4 Å². The smallest absolute Gasteiger partial charge is 0.126 e. The summed E-state index contributed by atoms with van der Waals surface area (Å²) in [6.45, 7) is 8.27. The first-order valence-electron chi connectivity index (χ1n) is 7.11. The number of unbranched alkanes of at least 4 members (excludes halogenated alkanes) is 3. The fourth-order valence-corrected chi connectivity index (χ4v) is 1.79. The quantitative estimate of drug-likeness (QED) is 0.714. The summed E-state index contributed by atoms with van der Waals surface area (Å²) >= 11 is 0. The van der Waals surface area contributed by atoms with Crippen molar-refractivity contribution in [1.82, 2.24) is 5.32 Å². The van der Waals surface area contributed by atoms with Gasteiger partial charge in [0, 0.05) is 11.6 Å². The molecule has 0 aliphatic carbocycles. The second-order valence-electron chi connectivity index (χ2n) is 5.90. The van der Waals surface area contributed by atoms with E-state index in [0.717, 1.165) is 19.4 Å². The van der Waals surface area contributed by atoms with Crippen molar-refractivity contribution in [3.8, 4) is 5.75 Å². The summed E-state index contributed by atoms with van der Waals surface area (Å²) < 4.78 is 18.4. The predicted octanol–water partition coefficient (Wildman–Crippen LogP) is 4.15. The molecule has 0 fully saturated rings. The number of nitrogens with one attached hydrogen (secondary N) is 1. The van der Waals surface area contributed by atoms with Crippen LogP contribution in [0.3, 0.4) is 0 Å². The Kier molecular flexibility index (Phi) is 6.85. The highest BCUT2D eigenvalue weighted by atomic mass is 19.1. The minimum absolute atomic E-state index is 0.209. The molecule has 0 amide bonds. The Morgan fingerprint density at radius 2 is 1.84 bits per heavy atom. The monoisotopic (exact) mass is 267 g/mol. The summed E-state index contributed by atoms with van der Waals surface area (Å²) in [5, 5.41) is 3.47. The van der Waals surface area contributed by atoms with Gasteiger partial charge in [0.05, 0.1) is 6.61 Å². The fraction of sp³-hybridized carbons (Fsp3) is 0.625. The van der Waals surface area contributed by atoms with E-state index in [2.05, 4.69) is 26.1 Å². The summed E-state index contributed by atoms with van der Waals surface area (Å²) in [5.74, 6) is 0.375. The van der Waals surface area contributed by atoms with Crippen LogP contribution in [0, 0.1) is 5.82 Å². The van der Waals surface area contributed by atoms with Crippen molar-refractivity contribution in [2.24, 2.45) is 0 Å². The van der Waals surface area contributed by atoms with Gasteiger partial charge in [-0.05, 0) is 52.3 Å². The molecule has 0 heterocycles. The van der Waals surface area contributed by atoms with Crippen molar-refractivity contribution in [2.75, 3.05) is 13.2 Å². The molecule has 0 saturated heterocycles. The van der Waals surface area contributed by atoms with Crippen LogP contribution in [0.4, 0.5) is 4.39 Å². The van der Waals surface area contributed by atoms with E-state index in [1.807, 2.05) is 0 Å². The Hall–Kier alpha value is -1.09. The van der Waals surface area contributed by atoms with Gasteiger partial charge in [0.2, 0.25) is 0 Å². The minimum atomic E-state index is -0.245. The molecular weight excluding hydrogens is 241 g/mol. The predicted molar refractivity (Wildman–Crippen MR) is 78.1 cm³/mol. The van der Waals surface area contributed by atoms with E-state index in [4.69, 9.17) is 4.74 Å². The standard InChI is InChI=1S/C16H26FNO/c1-16(2,3)18-11-6-4-5-7-12-19-15-10-8-9-14(17)13-15/h8-10,13,18H,4-7,11-12H2,1-3H3. The van der Waals surface area contributed by atoms with Gasteiger partial charge in [-0.15, -0.1) is 0 Å². The van der Waals surface area contributed by atoms with Gasteiger partial charge in [-0.1, -0.05) is 18.9 Å². The van der Waals surface area contributed by atoms with E-state index in [1.54, 1.807) is 12.1 Å². The summed E-state index contributed by atoms with van der Waals surface area (Å²) in [6.07, 6.45) is 4.57. The molecule has 3 heteroatoms. The van der Waals surface area contributed by atoms with E-state index in [1.165, 1.54) is 25.0 Å². The van der Waals surface area contributed by atoms with Gasteiger partial charge < -0.3 is 10.1 Å². The third-order valence-electron chi connectivity index (χ3n) is 2.79. The van der Waals surface area contributed by atoms with Gasteiger partial charge >= 0.3 is 0 Å². The summed E-state index contributed by atoms with van der Waals surface area (Å²) in [4.78, 5) is 0. The Morgan fingerprint density at radius 1 is 1.11 bits per heavy atom. The van der Waals surface area contributed by atoms with E-state index >= 15 is 0 Å². The average Bonchev–Trinajstić information content (AvgIpc) is 2.31. The van der Waals surface area contributed by atoms with Crippen LogP contribution in [0.15, 0.2) is 24.3 Å². The molecule has 0 radical (unpaired) electrons. The number of benzene rings is 1. The SMILES string of the molecule is CC(C)(C)NCCCCCCOc1cccc(F)c1. The zero-order chi connectivity index (χ0) is 14.1. The first kappa shape index (κ1) is 16.0. The molecule has 0 spiro atoms. The van der Waals surface area contributed by atoms with Gasteiger partial charge in [-0.2, -0.15) is 0 Å². The molecular formula is C16H26FNO. The number of hydrogen-bond acceptors (Lipinski definition) is 2. The maximum Gasteiger partial charge on any atom is 0.126 e. The second-order valence-corrected chi connectivity index (χ2v) is 5.90. The van der Waals surface area contributed by atoms with Crippen LogP contribution in [0.2, 0.25) is 0 Å². The lowest BCUT2D eigenvalue weighted by molar-refractivity contribution is 0.302. The molecule has 1 N–H and O–H groups in total. The van der Waals surface area contributed by atoms with Crippen LogP contribution < -0.4 is 10.1 Å². The topological polar surface area (TPSA) is 21.3 Å². The first-order chi connectivity index (χ1) is 8.97. The van der Waals surface area contributed by atoms with Gasteiger partial charge in [-0.25, -0.2) is 4.39 Å². The number of ether oxygens (including phenoxy) is 1. The molecule has 108 valence electrons. The lowest BCUT2D eigenvalue weighted by Gasteiger charge is -2.20. The van der Waals surface area contributed by atoms with Crippen molar-refractivity contribution in [2.45, 2.75) is 52.0 Å². The molecule has 1 rings (SSSR count).